The van der Waals surface area contributed by atoms with Crippen LogP contribution >= 0.6 is 0 Å². The van der Waals surface area contributed by atoms with E-state index in [0.29, 0.717) is 17.5 Å². The minimum atomic E-state index is -0.162. The number of fused-ring (bicyclic) bond motifs is 7. The normalized spacial score (nSPS) is 16.3. The lowest BCUT2D eigenvalue weighted by atomic mass is 9.85. The van der Waals surface area contributed by atoms with Crippen LogP contribution in [-0.4, -0.2) is 19.5 Å². The highest BCUT2D eigenvalue weighted by Crippen LogP contribution is 2.55. The molecule has 9 rings (SSSR count). The first-order chi connectivity index (χ1) is 21.8. The molecule has 0 fully saturated rings. The topological polar surface area (TPSA) is 52.8 Å². The van der Waals surface area contributed by atoms with Gasteiger partial charge in [-0.3, -0.25) is 0 Å². The number of rotatable bonds is 4. The molecule has 208 valence electrons. The molecule has 0 radical (unpaired) electrons. The van der Waals surface area contributed by atoms with Gasteiger partial charge in [-0.25, -0.2) is 15.0 Å². The number of ether oxygens (including phenoxy) is 1. The molecule has 44 heavy (non-hydrogen) atoms. The molecule has 0 N–H and O–H groups in total. The van der Waals surface area contributed by atoms with Gasteiger partial charge in [0.25, 0.3) is 0 Å². The fourth-order valence-electron chi connectivity index (χ4n) is 6.66. The van der Waals surface area contributed by atoms with Crippen LogP contribution in [0.1, 0.15) is 28.8 Å². The molecule has 5 nitrogen and oxygen atoms in total. The summed E-state index contributed by atoms with van der Waals surface area (Å²) in [5, 5.41) is 1.21. The van der Waals surface area contributed by atoms with E-state index in [2.05, 4.69) is 89.5 Å². The Morgan fingerprint density at radius 2 is 1.18 bits per heavy atom. The van der Waals surface area contributed by atoms with Gasteiger partial charge in [0.2, 0.25) is 0 Å². The molecule has 7 aromatic rings. The summed E-state index contributed by atoms with van der Waals surface area (Å²) in [6, 6.07) is 45.6. The van der Waals surface area contributed by atoms with Crippen LogP contribution in [0.5, 0.6) is 5.75 Å². The smallest absolute Gasteiger partial charge is 0.167 e. The number of benzene rings is 5. The van der Waals surface area contributed by atoms with Gasteiger partial charge in [0.1, 0.15) is 11.9 Å². The van der Waals surface area contributed by atoms with E-state index < -0.39 is 0 Å². The third-order valence-corrected chi connectivity index (χ3v) is 8.63. The SMILES string of the molecule is C1=CC2c3cccc(-c4nc(-c5ccccc5)nc(-c5ccccc5)n4)c3OC2c2c1n(-c1ccccc1)c1ccccc21. The van der Waals surface area contributed by atoms with Crippen molar-refractivity contribution in [3.63, 3.8) is 0 Å². The summed E-state index contributed by atoms with van der Waals surface area (Å²) in [5.41, 5.74) is 8.58. The fourth-order valence-corrected chi connectivity index (χ4v) is 6.66. The van der Waals surface area contributed by atoms with Crippen molar-refractivity contribution in [3.05, 3.63) is 156 Å². The van der Waals surface area contributed by atoms with E-state index >= 15 is 0 Å². The Morgan fingerprint density at radius 1 is 0.568 bits per heavy atom. The molecule has 0 amide bonds. The van der Waals surface area contributed by atoms with E-state index in [1.54, 1.807) is 0 Å². The summed E-state index contributed by atoms with van der Waals surface area (Å²) < 4.78 is 9.35. The van der Waals surface area contributed by atoms with Crippen LogP contribution < -0.4 is 4.74 Å². The summed E-state index contributed by atoms with van der Waals surface area (Å²) in [6.07, 6.45) is 4.39. The van der Waals surface area contributed by atoms with E-state index in [1.807, 2.05) is 60.7 Å². The number of para-hydroxylation sites is 3. The zero-order valence-corrected chi connectivity index (χ0v) is 23.7. The second-order valence-corrected chi connectivity index (χ2v) is 11.2. The van der Waals surface area contributed by atoms with E-state index in [4.69, 9.17) is 19.7 Å². The quantitative estimate of drug-likeness (QED) is 0.213. The van der Waals surface area contributed by atoms with E-state index in [1.165, 1.54) is 16.5 Å². The molecule has 1 aliphatic heterocycles. The highest BCUT2D eigenvalue weighted by molar-refractivity contribution is 5.92. The molecule has 2 atom stereocenters. The van der Waals surface area contributed by atoms with Crippen molar-refractivity contribution in [3.8, 4) is 45.6 Å². The molecule has 0 saturated carbocycles. The maximum Gasteiger partial charge on any atom is 0.167 e. The Kier molecular flexibility index (Phi) is 5.56. The molecule has 2 aromatic heterocycles. The Balaban J connectivity index is 1.21. The Bertz CT molecular complexity index is 2150. The Morgan fingerprint density at radius 3 is 1.89 bits per heavy atom. The monoisotopic (exact) mass is 566 g/mol. The molecule has 0 bridgehead atoms. The lowest BCUT2D eigenvalue weighted by molar-refractivity contribution is 0.225. The average Bonchev–Trinajstić information content (AvgIpc) is 3.65. The molecule has 2 unspecified atom stereocenters. The van der Waals surface area contributed by atoms with Crippen LogP contribution in [0.3, 0.4) is 0 Å². The minimum Gasteiger partial charge on any atom is -0.484 e. The van der Waals surface area contributed by atoms with Crippen molar-refractivity contribution in [1.29, 1.82) is 0 Å². The number of nitrogens with zero attached hydrogens (tertiary/aromatic N) is 4. The number of hydrogen-bond donors (Lipinski definition) is 0. The van der Waals surface area contributed by atoms with Crippen LogP contribution in [0.2, 0.25) is 0 Å². The van der Waals surface area contributed by atoms with Gasteiger partial charge in [-0.1, -0.05) is 115 Å². The highest BCUT2D eigenvalue weighted by Gasteiger charge is 2.41. The summed E-state index contributed by atoms with van der Waals surface area (Å²) in [5.74, 6) is 2.78. The zero-order valence-electron chi connectivity index (χ0n) is 23.7. The molecule has 3 heterocycles. The van der Waals surface area contributed by atoms with Gasteiger partial charge in [0.05, 0.1) is 16.8 Å². The Hall–Kier alpha value is -5.81. The summed E-state index contributed by atoms with van der Waals surface area (Å²) in [4.78, 5) is 14.9. The first-order valence-electron chi connectivity index (χ1n) is 14.9. The fraction of sp³-hybridized carbons (Fsp3) is 0.0513. The molecular weight excluding hydrogens is 540 g/mol. The lowest BCUT2D eigenvalue weighted by Crippen LogP contribution is -2.13. The molecule has 2 aliphatic rings. The van der Waals surface area contributed by atoms with Gasteiger partial charge < -0.3 is 9.30 Å². The van der Waals surface area contributed by atoms with Crippen molar-refractivity contribution in [2.24, 2.45) is 0 Å². The van der Waals surface area contributed by atoms with Gasteiger partial charge in [-0.15, -0.1) is 0 Å². The number of hydrogen-bond acceptors (Lipinski definition) is 4. The maximum atomic E-state index is 7.01. The molecule has 1 aliphatic carbocycles. The van der Waals surface area contributed by atoms with Crippen LogP contribution in [-0.2, 0) is 0 Å². The largest absolute Gasteiger partial charge is 0.484 e. The van der Waals surface area contributed by atoms with Gasteiger partial charge in [0, 0.05) is 39.2 Å². The second-order valence-electron chi connectivity index (χ2n) is 11.2. The van der Waals surface area contributed by atoms with Crippen LogP contribution in [0.4, 0.5) is 0 Å². The standard InChI is InChI=1S/C39H26N4O/c1-4-13-25(14-5-1)37-40-38(26-15-6-2-7-16-26)42-39(41-37)31-21-12-20-28-29-23-24-33-34(36(29)44-35(28)31)30-19-10-11-22-32(30)43(33)27-17-8-3-9-18-27/h1-24,29,36H. The molecule has 5 aromatic carbocycles. The summed E-state index contributed by atoms with van der Waals surface area (Å²) in [7, 11) is 0. The maximum absolute atomic E-state index is 7.01. The minimum absolute atomic E-state index is 0.0801. The van der Waals surface area contributed by atoms with Crippen LogP contribution in [0, 0.1) is 0 Å². The predicted octanol–water partition coefficient (Wildman–Crippen LogP) is 9.06. The van der Waals surface area contributed by atoms with Crippen molar-refractivity contribution < 1.29 is 4.74 Å². The molecule has 0 spiro atoms. The lowest BCUT2D eigenvalue weighted by Gasteiger charge is -2.22. The predicted molar refractivity (Wildman–Crippen MR) is 175 cm³/mol. The van der Waals surface area contributed by atoms with Gasteiger partial charge in [-0.05, 0) is 30.3 Å². The highest BCUT2D eigenvalue weighted by atomic mass is 16.5. The zero-order chi connectivity index (χ0) is 29.0. The molecule has 5 heteroatoms. The number of aromatic nitrogens is 4. The second kappa shape index (κ2) is 9.89. The first kappa shape index (κ1) is 24.8. The van der Waals surface area contributed by atoms with Crippen LogP contribution in [0.25, 0.3) is 56.8 Å². The summed E-state index contributed by atoms with van der Waals surface area (Å²) in [6.45, 7) is 0. The van der Waals surface area contributed by atoms with Crippen molar-refractivity contribution >= 4 is 17.0 Å². The van der Waals surface area contributed by atoms with Crippen molar-refractivity contribution in [2.45, 2.75) is 12.0 Å². The third kappa shape index (κ3) is 3.83. The van der Waals surface area contributed by atoms with Crippen molar-refractivity contribution in [2.75, 3.05) is 0 Å². The average molecular weight is 567 g/mol. The van der Waals surface area contributed by atoms with Crippen LogP contribution in [0.15, 0.2) is 140 Å². The molecular formula is C39H26N4O. The van der Waals surface area contributed by atoms with Gasteiger partial charge in [0.15, 0.2) is 17.5 Å². The summed E-state index contributed by atoms with van der Waals surface area (Å²) >= 11 is 0. The molecule has 0 saturated heterocycles. The van der Waals surface area contributed by atoms with E-state index in [9.17, 15) is 0 Å². The van der Waals surface area contributed by atoms with E-state index in [-0.39, 0.29) is 12.0 Å². The Labute approximate surface area is 254 Å². The van der Waals surface area contributed by atoms with Gasteiger partial charge in [-0.2, -0.15) is 0 Å². The van der Waals surface area contributed by atoms with E-state index in [0.717, 1.165) is 39.4 Å². The first-order valence-corrected chi connectivity index (χ1v) is 14.9. The van der Waals surface area contributed by atoms with Crippen molar-refractivity contribution in [1.82, 2.24) is 19.5 Å². The third-order valence-electron chi connectivity index (χ3n) is 8.63. The van der Waals surface area contributed by atoms with Gasteiger partial charge >= 0.3 is 0 Å².